The maximum absolute atomic E-state index is 6.28. The summed E-state index contributed by atoms with van der Waals surface area (Å²) in [6.45, 7) is 12.4. The number of pyridine rings is 1. The van der Waals surface area contributed by atoms with Crippen LogP contribution in [-0.2, 0) is 6.42 Å². The molecule has 0 spiro atoms. The lowest BCUT2D eigenvalue weighted by molar-refractivity contribution is 0.490. The average molecular weight is 444 g/mol. The third-order valence-electron chi connectivity index (χ3n) is 7.00. The second kappa shape index (κ2) is 8.07. The summed E-state index contributed by atoms with van der Waals surface area (Å²) in [6.07, 6.45) is 7.94. The molecule has 4 heteroatoms. The minimum atomic E-state index is 0.0749. The molecule has 0 saturated heterocycles. The fraction of sp³-hybridized carbons (Fsp3) is 0.167. The van der Waals surface area contributed by atoms with Crippen LogP contribution in [0, 0.1) is 0 Å². The molecule has 0 fully saturated rings. The predicted octanol–water partition coefficient (Wildman–Crippen LogP) is 6.95. The Kier molecular flexibility index (Phi) is 4.88. The minimum absolute atomic E-state index is 0.0749. The first-order chi connectivity index (χ1) is 16.7. The molecule has 0 radical (unpaired) electrons. The molecule has 0 aliphatic carbocycles. The molecule has 0 N–H and O–H groups in total. The Bertz CT molecular complexity index is 1550. The number of furan rings is 1. The predicted molar refractivity (Wildman–Crippen MR) is 140 cm³/mol. The van der Waals surface area contributed by atoms with Gasteiger partial charge in [0.05, 0.1) is 17.5 Å². The Morgan fingerprint density at radius 3 is 2.65 bits per heavy atom. The number of aryl methyl sites for hydroxylation is 1. The lowest BCUT2D eigenvalue weighted by Gasteiger charge is -2.32. The van der Waals surface area contributed by atoms with Crippen molar-refractivity contribution in [2.75, 3.05) is 0 Å². The summed E-state index contributed by atoms with van der Waals surface area (Å²) in [5.74, 6) is 0.276. The number of hydrogen-bond donors (Lipinski definition) is 0. The lowest BCUT2D eigenvalue weighted by Crippen LogP contribution is -2.27. The van der Waals surface area contributed by atoms with Gasteiger partial charge in [0.25, 0.3) is 0 Å². The molecule has 2 unspecified atom stereocenters. The monoisotopic (exact) mass is 443 g/mol. The molecule has 2 aliphatic heterocycles. The number of benzene rings is 2. The van der Waals surface area contributed by atoms with Gasteiger partial charge < -0.3 is 4.42 Å². The number of fused-ring (bicyclic) bond motifs is 8. The number of nitrogens with zero attached hydrogens (tertiary/aromatic N) is 3. The van der Waals surface area contributed by atoms with E-state index in [2.05, 4.69) is 61.1 Å². The average Bonchev–Trinajstić information content (AvgIpc) is 3.24. The van der Waals surface area contributed by atoms with E-state index in [-0.39, 0.29) is 12.0 Å². The topological polar surface area (TPSA) is 50.8 Å². The number of hydrogen-bond acceptors (Lipinski definition) is 4. The van der Waals surface area contributed by atoms with Crippen LogP contribution in [0.1, 0.15) is 41.0 Å². The molecule has 4 heterocycles. The summed E-state index contributed by atoms with van der Waals surface area (Å²) in [5, 5.41) is 2.05. The van der Waals surface area contributed by atoms with Gasteiger partial charge in [0.2, 0.25) is 5.71 Å². The molecule has 0 amide bonds. The summed E-state index contributed by atoms with van der Waals surface area (Å²) < 4.78 is 6.28. The Hall–Kier alpha value is -4.05. The molecule has 6 rings (SSSR count). The highest BCUT2D eigenvalue weighted by Crippen LogP contribution is 2.40. The highest BCUT2D eigenvalue weighted by atomic mass is 16.3. The highest BCUT2D eigenvalue weighted by Gasteiger charge is 2.31. The smallest absolute Gasteiger partial charge is 0.227 e. The van der Waals surface area contributed by atoms with Crippen molar-refractivity contribution in [1.29, 1.82) is 0 Å². The van der Waals surface area contributed by atoms with Crippen molar-refractivity contribution in [3.05, 3.63) is 115 Å². The van der Waals surface area contributed by atoms with Gasteiger partial charge in [-0.3, -0.25) is 9.98 Å². The van der Waals surface area contributed by atoms with Gasteiger partial charge in [0.15, 0.2) is 0 Å². The van der Waals surface area contributed by atoms with E-state index in [9.17, 15) is 0 Å². The van der Waals surface area contributed by atoms with Crippen molar-refractivity contribution in [2.24, 2.45) is 9.98 Å². The standard InChI is InChI=1S/C30H25N3O/c1-4-25-21-10-7-6-9-20(21)22-14-12-19-13-15-23-24-11-8-16-31-30(24)34-29(23)28(19)26(5-2)32-18(3)17-27(22)33-25/h4-11,13,15-16,22,27H,1-3,12,14,17H2/b32-26-. The van der Waals surface area contributed by atoms with Crippen LogP contribution in [0.25, 0.3) is 22.1 Å². The van der Waals surface area contributed by atoms with Gasteiger partial charge >= 0.3 is 0 Å². The van der Waals surface area contributed by atoms with E-state index in [1.807, 2.05) is 18.2 Å². The molecule has 4 nitrogen and oxygen atoms in total. The largest absolute Gasteiger partial charge is 0.437 e. The first-order valence-electron chi connectivity index (χ1n) is 11.7. The van der Waals surface area contributed by atoms with E-state index in [4.69, 9.17) is 14.4 Å². The van der Waals surface area contributed by atoms with Crippen LogP contribution in [0.3, 0.4) is 0 Å². The Labute approximate surface area is 198 Å². The fourth-order valence-electron chi connectivity index (χ4n) is 5.47. The summed E-state index contributed by atoms with van der Waals surface area (Å²) >= 11 is 0. The van der Waals surface area contributed by atoms with Gasteiger partial charge in [-0.15, -0.1) is 0 Å². The Balaban J connectivity index is 1.55. The molecule has 2 aromatic carbocycles. The molecule has 4 aromatic rings. The third kappa shape index (κ3) is 3.18. The van der Waals surface area contributed by atoms with Gasteiger partial charge in [-0.1, -0.05) is 56.1 Å². The number of aromatic nitrogens is 1. The second-order valence-corrected chi connectivity index (χ2v) is 8.92. The second-order valence-electron chi connectivity index (χ2n) is 8.92. The summed E-state index contributed by atoms with van der Waals surface area (Å²) in [4.78, 5) is 14.5. The van der Waals surface area contributed by atoms with Crippen molar-refractivity contribution in [1.82, 2.24) is 4.98 Å². The minimum Gasteiger partial charge on any atom is -0.437 e. The van der Waals surface area contributed by atoms with Crippen LogP contribution in [-0.4, -0.2) is 22.4 Å². The van der Waals surface area contributed by atoms with Crippen molar-refractivity contribution >= 4 is 33.5 Å². The van der Waals surface area contributed by atoms with Crippen molar-refractivity contribution in [2.45, 2.75) is 31.2 Å². The Morgan fingerprint density at radius 1 is 0.941 bits per heavy atom. The maximum Gasteiger partial charge on any atom is 0.227 e. The van der Waals surface area contributed by atoms with Gasteiger partial charge in [-0.2, -0.15) is 0 Å². The molecule has 2 atom stereocenters. The zero-order chi connectivity index (χ0) is 23.2. The van der Waals surface area contributed by atoms with Gasteiger partial charge in [0, 0.05) is 46.1 Å². The number of aliphatic imine (C=N–C) groups is 2. The fourth-order valence-corrected chi connectivity index (χ4v) is 5.47. The SMILES string of the molecule is C=CC1=NC2CC(=C)/N=C(/C=C)c3c(ccc4c3oc3ncccc34)CCC2c2ccccc21. The normalized spacial score (nSPS) is 21.6. The summed E-state index contributed by atoms with van der Waals surface area (Å²) in [6, 6.07) is 17.0. The number of rotatable bonds is 2. The molecule has 2 aliphatic rings. The highest BCUT2D eigenvalue weighted by molar-refractivity contribution is 6.19. The molecule has 166 valence electrons. The van der Waals surface area contributed by atoms with Crippen LogP contribution in [0.4, 0.5) is 0 Å². The van der Waals surface area contributed by atoms with E-state index in [1.165, 1.54) is 16.7 Å². The van der Waals surface area contributed by atoms with Crippen molar-refractivity contribution in [3.63, 3.8) is 0 Å². The quantitative estimate of drug-likeness (QED) is 0.337. The van der Waals surface area contributed by atoms with E-state index in [0.717, 1.165) is 51.9 Å². The van der Waals surface area contributed by atoms with E-state index < -0.39 is 0 Å². The number of allylic oxidation sites excluding steroid dienone is 2. The van der Waals surface area contributed by atoms with Crippen molar-refractivity contribution < 1.29 is 4.42 Å². The van der Waals surface area contributed by atoms with E-state index in [1.54, 1.807) is 12.3 Å². The summed E-state index contributed by atoms with van der Waals surface area (Å²) in [5.41, 5.74) is 8.65. The first-order valence-corrected chi connectivity index (χ1v) is 11.7. The molecular weight excluding hydrogens is 418 g/mol. The molecule has 0 bridgehead atoms. The zero-order valence-corrected chi connectivity index (χ0v) is 19.0. The van der Waals surface area contributed by atoms with E-state index >= 15 is 0 Å². The molecule has 34 heavy (non-hydrogen) atoms. The summed E-state index contributed by atoms with van der Waals surface area (Å²) in [7, 11) is 0. The van der Waals surface area contributed by atoms with E-state index in [0.29, 0.717) is 12.1 Å². The zero-order valence-electron chi connectivity index (χ0n) is 19.0. The van der Waals surface area contributed by atoms with Gasteiger partial charge in [-0.05, 0) is 48.3 Å². The first kappa shape index (κ1) is 20.5. The van der Waals surface area contributed by atoms with Crippen LogP contribution in [0.5, 0.6) is 0 Å². The molecule has 2 aromatic heterocycles. The van der Waals surface area contributed by atoms with Gasteiger partial charge in [-0.25, -0.2) is 4.98 Å². The van der Waals surface area contributed by atoms with Gasteiger partial charge in [0.1, 0.15) is 5.58 Å². The lowest BCUT2D eigenvalue weighted by atomic mass is 9.78. The van der Waals surface area contributed by atoms with Crippen molar-refractivity contribution in [3.8, 4) is 0 Å². The molecule has 0 saturated carbocycles. The molecular formula is C30H25N3O. The van der Waals surface area contributed by atoms with Crippen LogP contribution >= 0.6 is 0 Å². The third-order valence-corrected chi connectivity index (χ3v) is 7.00. The maximum atomic E-state index is 6.28. The van der Waals surface area contributed by atoms with Crippen LogP contribution < -0.4 is 0 Å². The van der Waals surface area contributed by atoms with Crippen LogP contribution in [0.2, 0.25) is 0 Å². The van der Waals surface area contributed by atoms with Crippen LogP contribution in [0.15, 0.2) is 107 Å². The Morgan fingerprint density at radius 2 is 1.79 bits per heavy atom.